The minimum absolute atomic E-state index is 0.0711. The lowest BCUT2D eigenvalue weighted by Gasteiger charge is -2.08. The van der Waals surface area contributed by atoms with E-state index in [1.165, 1.54) is 40.4 Å². The maximum Gasteiger partial charge on any atom is 0.271 e. The van der Waals surface area contributed by atoms with Crippen molar-refractivity contribution in [1.82, 2.24) is 14.5 Å². The first-order valence-corrected chi connectivity index (χ1v) is 9.06. The van der Waals surface area contributed by atoms with Crippen LogP contribution in [0.4, 0.5) is 10.1 Å². The van der Waals surface area contributed by atoms with Gasteiger partial charge in [-0.1, -0.05) is 12.1 Å². The maximum absolute atomic E-state index is 13.7. The van der Waals surface area contributed by atoms with Gasteiger partial charge in [-0.15, -0.1) is 11.3 Å². The van der Waals surface area contributed by atoms with E-state index >= 15 is 0 Å². The van der Waals surface area contributed by atoms with Gasteiger partial charge in [-0.25, -0.2) is 14.4 Å². The van der Waals surface area contributed by atoms with Gasteiger partial charge in [0.1, 0.15) is 21.9 Å². The van der Waals surface area contributed by atoms with Gasteiger partial charge >= 0.3 is 0 Å². The van der Waals surface area contributed by atoms with E-state index in [9.17, 15) is 14.0 Å². The maximum atomic E-state index is 13.7. The Hall–Kier alpha value is -3.13. The van der Waals surface area contributed by atoms with Crippen molar-refractivity contribution in [3.63, 3.8) is 0 Å². The smallest absolute Gasteiger partial charge is 0.271 e. The Bertz CT molecular complexity index is 1260. The van der Waals surface area contributed by atoms with E-state index in [1.54, 1.807) is 6.07 Å². The zero-order valence-corrected chi connectivity index (χ0v) is 15.4. The fourth-order valence-electron chi connectivity index (χ4n) is 3.02. The van der Waals surface area contributed by atoms with Crippen molar-refractivity contribution < 1.29 is 9.18 Å². The van der Waals surface area contributed by atoms with Gasteiger partial charge in [-0.3, -0.25) is 14.2 Å². The molecule has 0 radical (unpaired) electrons. The van der Waals surface area contributed by atoms with Crippen LogP contribution in [-0.2, 0) is 11.3 Å². The molecule has 8 heteroatoms. The molecule has 0 saturated heterocycles. The predicted octanol–water partition coefficient (Wildman–Crippen LogP) is 3.40. The van der Waals surface area contributed by atoms with E-state index in [0.717, 1.165) is 21.5 Å². The highest BCUT2D eigenvalue weighted by molar-refractivity contribution is 7.25. The first-order valence-electron chi connectivity index (χ1n) is 8.24. The molecule has 4 aromatic rings. The quantitative estimate of drug-likeness (QED) is 0.589. The van der Waals surface area contributed by atoms with Gasteiger partial charge in [0.15, 0.2) is 0 Å². The molecule has 1 amide bonds. The summed E-state index contributed by atoms with van der Waals surface area (Å²) in [7, 11) is 0. The first kappa shape index (κ1) is 17.3. The Morgan fingerprint density at radius 1 is 1.30 bits per heavy atom. The molecule has 0 aliphatic rings. The molecule has 136 valence electrons. The number of aromatic nitrogens is 3. The van der Waals surface area contributed by atoms with Crippen LogP contribution in [0.15, 0.2) is 41.5 Å². The highest BCUT2D eigenvalue weighted by Gasteiger charge is 2.16. The lowest BCUT2D eigenvalue weighted by atomic mass is 10.1. The number of fused-ring (bicyclic) bond motifs is 3. The largest absolute Gasteiger partial charge is 0.322 e. The molecule has 27 heavy (non-hydrogen) atoms. The number of hydrogen-bond acceptors (Lipinski definition) is 5. The number of amides is 1. The Labute approximate surface area is 157 Å². The molecule has 3 aromatic heterocycles. The Balaban J connectivity index is 1.71. The molecule has 3 heterocycles. The molecule has 4 rings (SSSR count). The van der Waals surface area contributed by atoms with Crippen LogP contribution in [0.3, 0.4) is 0 Å². The van der Waals surface area contributed by atoms with Crippen LogP contribution in [0.1, 0.15) is 11.3 Å². The van der Waals surface area contributed by atoms with Crippen molar-refractivity contribution in [3.05, 3.63) is 64.1 Å². The Morgan fingerprint density at radius 2 is 2.07 bits per heavy atom. The molecule has 0 aliphatic heterocycles. The van der Waals surface area contributed by atoms with Crippen LogP contribution in [0, 0.1) is 19.7 Å². The van der Waals surface area contributed by atoms with Crippen molar-refractivity contribution in [2.45, 2.75) is 20.4 Å². The summed E-state index contributed by atoms with van der Waals surface area (Å²) in [5, 5.41) is 3.33. The monoisotopic (exact) mass is 382 g/mol. The number of halogens is 1. The van der Waals surface area contributed by atoms with E-state index in [4.69, 9.17) is 0 Å². The van der Waals surface area contributed by atoms with E-state index in [-0.39, 0.29) is 17.8 Å². The Kier molecular flexibility index (Phi) is 4.19. The molecular weight excluding hydrogens is 367 g/mol. The number of carbonyl (C=O) groups is 1. The van der Waals surface area contributed by atoms with Gasteiger partial charge in [-0.05, 0) is 37.6 Å². The second-order valence-electron chi connectivity index (χ2n) is 6.25. The number of carbonyl (C=O) groups excluding carboxylic acids is 1. The summed E-state index contributed by atoms with van der Waals surface area (Å²) in [6.45, 7) is 3.60. The molecule has 0 fully saturated rings. The van der Waals surface area contributed by atoms with Crippen LogP contribution in [-0.4, -0.2) is 20.4 Å². The summed E-state index contributed by atoms with van der Waals surface area (Å²) in [4.78, 5) is 34.6. The second kappa shape index (κ2) is 6.55. The van der Waals surface area contributed by atoms with Gasteiger partial charge < -0.3 is 5.32 Å². The molecule has 0 spiro atoms. The zero-order chi connectivity index (χ0) is 19.1. The van der Waals surface area contributed by atoms with Crippen molar-refractivity contribution in [2.24, 2.45) is 0 Å². The van der Waals surface area contributed by atoms with Crippen LogP contribution >= 0.6 is 11.3 Å². The molecule has 0 saturated carbocycles. The van der Waals surface area contributed by atoms with Crippen LogP contribution in [0.25, 0.3) is 20.4 Å². The van der Waals surface area contributed by atoms with Crippen molar-refractivity contribution in [2.75, 3.05) is 5.32 Å². The summed E-state index contributed by atoms with van der Waals surface area (Å²) in [5.41, 5.74) is 2.23. The van der Waals surface area contributed by atoms with Gasteiger partial charge in [0.25, 0.3) is 5.56 Å². The fourth-order valence-corrected chi connectivity index (χ4v) is 4.22. The van der Waals surface area contributed by atoms with Gasteiger partial charge in [-0.2, -0.15) is 0 Å². The lowest BCUT2D eigenvalue weighted by Crippen LogP contribution is -2.27. The third-order valence-electron chi connectivity index (χ3n) is 4.21. The summed E-state index contributed by atoms with van der Waals surface area (Å²) in [5.74, 6) is -1.04. The molecule has 1 N–H and O–H groups in total. The third kappa shape index (κ3) is 3.08. The second-order valence-corrected chi connectivity index (χ2v) is 7.25. The lowest BCUT2D eigenvalue weighted by molar-refractivity contribution is -0.116. The zero-order valence-electron chi connectivity index (χ0n) is 14.6. The molecule has 6 nitrogen and oxygen atoms in total. The van der Waals surface area contributed by atoms with Crippen LogP contribution in [0.5, 0.6) is 0 Å². The van der Waals surface area contributed by atoms with E-state index in [0.29, 0.717) is 10.2 Å². The average molecular weight is 382 g/mol. The standard InChI is InChI=1S/C19H15FN4O2S/c1-10-7-11(2)22-18-15(10)16-17(27-18)19(26)24(9-21-16)8-14(25)23-13-6-4-3-5-12(13)20/h3-7,9H,8H2,1-2H3,(H,23,25). The van der Waals surface area contributed by atoms with Crippen LogP contribution < -0.4 is 10.9 Å². The van der Waals surface area contributed by atoms with Crippen molar-refractivity contribution in [1.29, 1.82) is 0 Å². The number of anilines is 1. The summed E-state index contributed by atoms with van der Waals surface area (Å²) < 4.78 is 15.3. The Morgan fingerprint density at radius 3 is 2.85 bits per heavy atom. The number of rotatable bonds is 3. The molecule has 0 bridgehead atoms. The van der Waals surface area contributed by atoms with E-state index in [1.807, 2.05) is 19.9 Å². The number of nitrogens with one attached hydrogen (secondary N) is 1. The fraction of sp³-hybridized carbons (Fsp3) is 0.158. The average Bonchev–Trinajstić information content (AvgIpc) is 2.99. The number of benzene rings is 1. The van der Waals surface area contributed by atoms with Crippen LogP contribution in [0.2, 0.25) is 0 Å². The topological polar surface area (TPSA) is 76.9 Å². The number of thiophene rings is 1. The van der Waals surface area contributed by atoms with Crippen molar-refractivity contribution in [3.8, 4) is 0 Å². The van der Waals surface area contributed by atoms with Gasteiger partial charge in [0.05, 0.1) is 17.5 Å². The molecule has 1 aromatic carbocycles. The number of aryl methyl sites for hydroxylation is 2. The number of pyridine rings is 1. The van der Waals surface area contributed by atoms with E-state index < -0.39 is 11.7 Å². The molecule has 0 unspecified atom stereocenters. The molecule has 0 aliphatic carbocycles. The third-order valence-corrected chi connectivity index (χ3v) is 5.27. The normalized spacial score (nSPS) is 11.2. The predicted molar refractivity (Wildman–Crippen MR) is 104 cm³/mol. The summed E-state index contributed by atoms with van der Waals surface area (Å²) >= 11 is 1.27. The number of para-hydroxylation sites is 1. The van der Waals surface area contributed by atoms with Gasteiger partial charge in [0.2, 0.25) is 5.91 Å². The minimum atomic E-state index is -0.534. The molecular formula is C19H15FN4O2S. The van der Waals surface area contributed by atoms with E-state index in [2.05, 4.69) is 15.3 Å². The number of hydrogen-bond donors (Lipinski definition) is 1. The van der Waals surface area contributed by atoms with Crippen molar-refractivity contribution >= 4 is 43.4 Å². The summed E-state index contributed by atoms with van der Waals surface area (Å²) in [6, 6.07) is 7.81. The number of nitrogens with zero attached hydrogens (tertiary/aromatic N) is 3. The first-order chi connectivity index (χ1) is 12.9. The summed E-state index contributed by atoms with van der Waals surface area (Å²) in [6.07, 6.45) is 1.34. The highest BCUT2D eigenvalue weighted by Crippen LogP contribution is 2.31. The highest BCUT2D eigenvalue weighted by atomic mass is 32.1. The van der Waals surface area contributed by atoms with Gasteiger partial charge in [0, 0.05) is 11.1 Å². The molecule has 0 atom stereocenters. The minimum Gasteiger partial charge on any atom is -0.322 e. The SMILES string of the molecule is Cc1cc(C)c2c(n1)sc1c(=O)n(CC(=O)Nc3ccccc3F)cnc12.